The van der Waals surface area contributed by atoms with E-state index in [4.69, 9.17) is 0 Å². The number of benzene rings is 2. The van der Waals surface area contributed by atoms with Crippen molar-refractivity contribution in [3.63, 3.8) is 0 Å². The Hall–Kier alpha value is -1.74. The number of amides is 1. The van der Waals surface area contributed by atoms with E-state index in [9.17, 15) is 4.79 Å². The predicted octanol–water partition coefficient (Wildman–Crippen LogP) is 4.01. The van der Waals surface area contributed by atoms with Crippen LogP contribution in [0.25, 0.3) is 0 Å². The summed E-state index contributed by atoms with van der Waals surface area (Å²) in [6, 6.07) is 18.5. The van der Waals surface area contributed by atoms with Crippen molar-refractivity contribution in [1.82, 2.24) is 5.32 Å². The van der Waals surface area contributed by atoms with Crippen LogP contribution in [0.15, 0.2) is 59.5 Å². The van der Waals surface area contributed by atoms with Gasteiger partial charge < -0.3 is 5.32 Å². The van der Waals surface area contributed by atoms with Crippen molar-refractivity contribution in [3.8, 4) is 0 Å². The maximum absolute atomic E-state index is 11.9. The third-order valence-corrected chi connectivity index (χ3v) is 4.38. The maximum atomic E-state index is 11.9. The van der Waals surface area contributed by atoms with Crippen LogP contribution < -0.4 is 5.32 Å². The quantitative estimate of drug-likeness (QED) is 0.817. The van der Waals surface area contributed by atoms with Gasteiger partial charge in [0.25, 0.3) is 0 Å². The van der Waals surface area contributed by atoms with Gasteiger partial charge in [-0.15, -0.1) is 11.8 Å². The molecule has 0 fully saturated rings. The van der Waals surface area contributed by atoms with Gasteiger partial charge in [0, 0.05) is 11.4 Å². The van der Waals surface area contributed by atoms with Crippen molar-refractivity contribution in [3.05, 3.63) is 65.7 Å². The fourth-order valence-electron chi connectivity index (χ4n) is 2.00. The Morgan fingerprint density at radius 2 is 1.76 bits per heavy atom. The lowest BCUT2D eigenvalue weighted by Gasteiger charge is -2.13. The molecule has 0 aliphatic carbocycles. The van der Waals surface area contributed by atoms with Crippen LogP contribution in [0.4, 0.5) is 0 Å². The van der Waals surface area contributed by atoms with Crippen molar-refractivity contribution >= 4 is 17.7 Å². The molecule has 0 spiro atoms. The van der Waals surface area contributed by atoms with Crippen LogP contribution in [0.1, 0.15) is 24.0 Å². The first-order valence-electron chi connectivity index (χ1n) is 7.16. The lowest BCUT2D eigenvalue weighted by molar-refractivity contribution is -0.118. The van der Waals surface area contributed by atoms with Gasteiger partial charge in [0.2, 0.25) is 5.91 Å². The number of thioether (sulfide) groups is 1. The number of hydrogen-bond donors (Lipinski definition) is 1. The summed E-state index contributed by atoms with van der Waals surface area (Å²) in [5.74, 6) is 0.882. The van der Waals surface area contributed by atoms with Crippen LogP contribution >= 0.6 is 11.8 Å². The Morgan fingerprint density at radius 1 is 1.10 bits per heavy atom. The summed E-state index contributed by atoms with van der Waals surface area (Å²) in [6.07, 6.45) is 0. The van der Waals surface area contributed by atoms with E-state index in [2.05, 4.69) is 55.6 Å². The fraction of sp³-hybridized carbons (Fsp3) is 0.278. The van der Waals surface area contributed by atoms with Gasteiger partial charge in [0.1, 0.15) is 0 Å². The number of carbonyl (C=O) groups excluding carboxylic acids is 1. The van der Waals surface area contributed by atoms with E-state index in [-0.39, 0.29) is 5.91 Å². The Labute approximate surface area is 131 Å². The highest BCUT2D eigenvalue weighted by Crippen LogP contribution is 2.18. The molecule has 1 atom stereocenters. The molecule has 2 aromatic rings. The molecule has 0 unspecified atom stereocenters. The van der Waals surface area contributed by atoms with E-state index in [0.717, 1.165) is 4.90 Å². The van der Waals surface area contributed by atoms with E-state index >= 15 is 0 Å². The molecule has 110 valence electrons. The number of rotatable bonds is 6. The third-order valence-electron chi connectivity index (χ3n) is 3.36. The van der Waals surface area contributed by atoms with Gasteiger partial charge in [-0.05, 0) is 30.5 Å². The Kier molecular flexibility index (Phi) is 5.88. The van der Waals surface area contributed by atoms with Crippen LogP contribution in [-0.2, 0) is 4.79 Å². The van der Waals surface area contributed by atoms with Gasteiger partial charge in [0.15, 0.2) is 0 Å². The van der Waals surface area contributed by atoms with Crippen molar-refractivity contribution in [2.24, 2.45) is 0 Å². The van der Waals surface area contributed by atoms with E-state index in [0.29, 0.717) is 18.2 Å². The summed E-state index contributed by atoms with van der Waals surface area (Å²) in [5, 5.41) is 3.00. The van der Waals surface area contributed by atoms with E-state index < -0.39 is 0 Å². The second-order valence-corrected chi connectivity index (χ2v) is 6.27. The zero-order valence-electron chi connectivity index (χ0n) is 12.5. The molecule has 0 aromatic heterocycles. The van der Waals surface area contributed by atoms with Crippen LogP contribution in [-0.4, -0.2) is 18.2 Å². The van der Waals surface area contributed by atoms with Crippen molar-refractivity contribution in [2.75, 3.05) is 12.3 Å². The zero-order chi connectivity index (χ0) is 15.1. The smallest absolute Gasteiger partial charge is 0.230 e. The molecule has 0 bridgehead atoms. The molecule has 0 aliphatic rings. The van der Waals surface area contributed by atoms with Gasteiger partial charge in [-0.2, -0.15) is 0 Å². The molecule has 1 amide bonds. The average molecular weight is 299 g/mol. The topological polar surface area (TPSA) is 29.1 Å². The molecular weight excluding hydrogens is 278 g/mol. The lowest BCUT2D eigenvalue weighted by atomic mass is 10.0. The van der Waals surface area contributed by atoms with Crippen LogP contribution in [0.5, 0.6) is 0 Å². The molecule has 0 heterocycles. The summed E-state index contributed by atoms with van der Waals surface area (Å²) in [4.78, 5) is 13.0. The highest BCUT2D eigenvalue weighted by molar-refractivity contribution is 8.00. The highest BCUT2D eigenvalue weighted by atomic mass is 32.2. The third kappa shape index (κ3) is 5.27. The standard InChI is InChI=1S/C18H21NOS/c1-14-8-10-17(11-9-14)21-13-18(20)19-12-15(2)16-6-4-3-5-7-16/h3-11,15H,12-13H2,1-2H3,(H,19,20)/t15-/m1/s1. The van der Waals surface area contributed by atoms with Gasteiger partial charge in [-0.25, -0.2) is 0 Å². The number of aryl methyl sites for hydroxylation is 1. The molecule has 0 aliphatic heterocycles. The first-order valence-corrected chi connectivity index (χ1v) is 8.15. The summed E-state index contributed by atoms with van der Waals surface area (Å²) >= 11 is 1.57. The van der Waals surface area contributed by atoms with Gasteiger partial charge in [-0.1, -0.05) is 55.0 Å². The molecule has 2 rings (SSSR count). The predicted molar refractivity (Wildman–Crippen MR) is 89.8 cm³/mol. The van der Waals surface area contributed by atoms with E-state index in [1.807, 2.05) is 18.2 Å². The lowest BCUT2D eigenvalue weighted by Crippen LogP contribution is -2.28. The molecule has 0 saturated heterocycles. The fourth-order valence-corrected chi connectivity index (χ4v) is 2.73. The van der Waals surface area contributed by atoms with Gasteiger partial charge >= 0.3 is 0 Å². The summed E-state index contributed by atoms with van der Waals surface area (Å²) < 4.78 is 0. The van der Waals surface area contributed by atoms with Crippen molar-refractivity contribution in [2.45, 2.75) is 24.7 Å². The maximum Gasteiger partial charge on any atom is 0.230 e. The number of nitrogens with one attached hydrogen (secondary N) is 1. The molecule has 21 heavy (non-hydrogen) atoms. The summed E-state index contributed by atoms with van der Waals surface area (Å²) in [6.45, 7) is 4.87. The van der Waals surface area contributed by atoms with E-state index in [1.165, 1.54) is 11.1 Å². The molecular formula is C18H21NOS. The minimum absolute atomic E-state index is 0.0864. The Bertz CT molecular complexity index is 566. The van der Waals surface area contributed by atoms with E-state index in [1.54, 1.807) is 11.8 Å². The second kappa shape index (κ2) is 7.89. The second-order valence-electron chi connectivity index (χ2n) is 5.22. The van der Waals surface area contributed by atoms with Crippen molar-refractivity contribution in [1.29, 1.82) is 0 Å². The molecule has 0 saturated carbocycles. The molecule has 2 nitrogen and oxygen atoms in total. The minimum atomic E-state index is 0.0864. The van der Waals surface area contributed by atoms with Crippen molar-refractivity contribution < 1.29 is 4.79 Å². The summed E-state index contributed by atoms with van der Waals surface area (Å²) in [7, 11) is 0. The monoisotopic (exact) mass is 299 g/mol. The van der Waals surface area contributed by atoms with Gasteiger partial charge in [0.05, 0.1) is 5.75 Å². The summed E-state index contributed by atoms with van der Waals surface area (Å²) in [5.41, 5.74) is 2.49. The van der Waals surface area contributed by atoms with Crippen LogP contribution in [0.2, 0.25) is 0 Å². The van der Waals surface area contributed by atoms with Gasteiger partial charge in [-0.3, -0.25) is 4.79 Å². The van der Waals surface area contributed by atoms with Crippen LogP contribution in [0.3, 0.4) is 0 Å². The molecule has 3 heteroatoms. The zero-order valence-corrected chi connectivity index (χ0v) is 13.3. The number of carbonyl (C=O) groups is 1. The van der Waals surface area contributed by atoms with Crippen LogP contribution in [0, 0.1) is 6.92 Å². The molecule has 2 aromatic carbocycles. The first kappa shape index (κ1) is 15.6. The number of hydrogen-bond acceptors (Lipinski definition) is 2. The Morgan fingerprint density at radius 3 is 2.43 bits per heavy atom. The average Bonchev–Trinajstić information content (AvgIpc) is 2.53. The first-order chi connectivity index (χ1) is 10.1. The minimum Gasteiger partial charge on any atom is -0.355 e. The molecule has 0 radical (unpaired) electrons. The molecule has 1 N–H and O–H groups in total. The normalized spacial score (nSPS) is 11.9. The SMILES string of the molecule is Cc1ccc(SCC(=O)NC[C@@H](C)c2ccccc2)cc1. The largest absolute Gasteiger partial charge is 0.355 e. The highest BCUT2D eigenvalue weighted by Gasteiger charge is 2.07. The Balaban J connectivity index is 1.73.